The summed E-state index contributed by atoms with van der Waals surface area (Å²) < 4.78 is 25.1. The maximum atomic E-state index is 11.7. The minimum atomic E-state index is -3.12. The van der Waals surface area contributed by atoms with Crippen LogP contribution in [0.2, 0.25) is 0 Å². The third-order valence-corrected chi connectivity index (χ3v) is 5.78. The molecule has 0 N–H and O–H groups in total. The van der Waals surface area contributed by atoms with Gasteiger partial charge in [-0.2, -0.15) is 0 Å². The van der Waals surface area contributed by atoms with Crippen LogP contribution in [0.4, 0.5) is 0 Å². The molecule has 0 amide bonds. The summed E-state index contributed by atoms with van der Waals surface area (Å²) >= 11 is 0. The fourth-order valence-electron chi connectivity index (χ4n) is 3.19. The first-order valence-electron chi connectivity index (χ1n) is 7.92. The van der Waals surface area contributed by atoms with Gasteiger partial charge >= 0.3 is 0 Å². The minimum Gasteiger partial charge on any atom is -0.260 e. The second kappa shape index (κ2) is 6.42. The summed E-state index contributed by atoms with van der Waals surface area (Å²) in [6.45, 7) is 3.25. The number of hydrogen-bond acceptors (Lipinski definition) is 3. The molecule has 0 bridgehead atoms. The van der Waals surface area contributed by atoms with E-state index in [0.717, 1.165) is 24.1 Å². The quantitative estimate of drug-likeness (QED) is 0.868. The van der Waals surface area contributed by atoms with Gasteiger partial charge in [0.2, 0.25) is 10.0 Å². The standard InChI is InChI=1S/C18H22N2O2S/c1-14-6-3-4-8-17(14)15-9-10-18(19-12-15)16-7-5-11-20(13-16)23(2,21)22/h3-4,6,8-10,12,16H,5,7,11,13H2,1-2H3/t16-/m1/s1. The Morgan fingerprint density at radius 2 is 1.96 bits per heavy atom. The molecule has 1 aromatic carbocycles. The summed E-state index contributed by atoms with van der Waals surface area (Å²) in [6, 6.07) is 12.4. The molecule has 1 aliphatic rings. The Bertz CT molecular complexity index is 785. The number of aryl methyl sites for hydroxylation is 1. The summed E-state index contributed by atoms with van der Waals surface area (Å²) in [5, 5.41) is 0. The first kappa shape index (κ1) is 16.1. The largest absolute Gasteiger partial charge is 0.260 e. The van der Waals surface area contributed by atoms with E-state index in [2.05, 4.69) is 30.1 Å². The van der Waals surface area contributed by atoms with Crippen LogP contribution in [-0.2, 0) is 10.0 Å². The van der Waals surface area contributed by atoms with E-state index in [0.29, 0.717) is 13.1 Å². The van der Waals surface area contributed by atoms with E-state index in [1.807, 2.05) is 24.4 Å². The Balaban J connectivity index is 1.81. The normalized spacial score (nSPS) is 19.7. The Kier molecular flexibility index (Phi) is 4.50. The van der Waals surface area contributed by atoms with Gasteiger partial charge in [0.15, 0.2) is 0 Å². The van der Waals surface area contributed by atoms with Gasteiger partial charge in [0.25, 0.3) is 0 Å². The lowest BCUT2D eigenvalue weighted by molar-refractivity contribution is 0.314. The Morgan fingerprint density at radius 3 is 2.61 bits per heavy atom. The van der Waals surface area contributed by atoms with Gasteiger partial charge in [-0.25, -0.2) is 12.7 Å². The predicted molar refractivity (Wildman–Crippen MR) is 92.8 cm³/mol. The third-order valence-electron chi connectivity index (χ3n) is 4.51. The molecule has 1 aliphatic heterocycles. The fourth-order valence-corrected chi connectivity index (χ4v) is 4.10. The van der Waals surface area contributed by atoms with Crippen molar-refractivity contribution in [2.24, 2.45) is 0 Å². The van der Waals surface area contributed by atoms with Crippen molar-refractivity contribution < 1.29 is 8.42 Å². The van der Waals surface area contributed by atoms with Gasteiger partial charge in [-0.1, -0.05) is 30.3 Å². The van der Waals surface area contributed by atoms with E-state index < -0.39 is 10.0 Å². The SMILES string of the molecule is Cc1ccccc1-c1ccc([C@@H]2CCCN(S(C)(=O)=O)C2)nc1. The molecule has 1 fully saturated rings. The molecule has 1 atom stereocenters. The lowest BCUT2D eigenvalue weighted by Crippen LogP contribution is -2.38. The Hall–Kier alpha value is -1.72. The number of nitrogens with zero attached hydrogens (tertiary/aromatic N) is 2. The molecular weight excluding hydrogens is 308 g/mol. The number of pyridine rings is 1. The van der Waals surface area contributed by atoms with Gasteiger partial charge in [0, 0.05) is 36.5 Å². The van der Waals surface area contributed by atoms with Crippen LogP contribution < -0.4 is 0 Å². The van der Waals surface area contributed by atoms with Crippen LogP contribution in [0.5, 0.6) is 0 Å². The summed E-state index contributed by atoms with van der Waals surface area (Å²) in [6.07, 6.45) is 5.06. The number of hydrogen-bond donors (Lipinski definition) is 0. The zero-order chi connectivity index (χ0) is 16.4. The smallest absolute Gasteiger partial charge is 0.211 e. The Labute approximate surface area is 138 Å². The van der Waals surface area contributed by atoms with Gasteiger partial charge in [0.05, 0.1) is 6.26 Å². The molecule has 1 saturated heterocycles. The maximum absolute atomic E-state index is 11.7. The van der Waals surface area contributed by atoms with Crippen molar-refractivity contribution in [3.63, 3.8) is 0 Å². The van der Waals surface area contributed by atoms with E-state index in [-0.39, 0.29) is 5.92 Å². The lowest BCUT2D eigenvalue weighted by Gasteiger charge is -2.30. The highest BCUT2D eigenvalue weighted by Crippen LogP contribution is 2.29. The van der Waals surface area contributed by atoms with Crippen LogP contribution in [-0.4, -0.2) is 37.1 Å². The monoisotopic (exact) mass is 330 g/mol. The van der Waals surface area contributed by atoms with Gasteiger partial charge < -0.3 is 0 Å². The number of rotatable bonds is 3. The Morgan fingerprint density at radius 1 is 1.17 bits per heavy atom. The molecule has 122 valence electrons. The fraction of sp³-hybridized carbons (Fsp3) is 0.389. The summed E-state index contributed by atoms with van der Waals surface area (Å²) in [5.74, 6) is 0.185. The number of sulfonamides is 1. The van der Waals surface area contributed by atoms with Crippen molar-refractivity contribution >= 4 is 10.0 Å². The zero-order valence-electron chi connectivity index (χ0n) is 13.6. The van der Waals surface area contributed by atoms with E-state index in [4.69, 9.17) is 0 Å². The molecule has 0 saturated carbocycles. The molecule has 0 unspecified atom stereocenters. The van der Waals surface area contributed by atoms with E-state index in [1.165, 1.54) is 17.4 Å². The molecule has 0 radical (unpaired) electrons. The molecular formula is C18H22N2O2S. The molecule has 1 aromatic heterocycles. The second-order valence-electron chi connectivity index (χ2n) is 6.25. The molecule has 4 nitrogen and oxygen atoms in total. The minimum absolute atomic E-state index is 0.185. The van der Waals surface area contributed by atoms with E-state index in [9.17, 15) is 8.42 Å². The van der Waals surface area contributed by atoms with Crippen LogP contribution in [0.15, 0.2) is 42.6 Å². The maximum Gasteiger partial charge on any atom is 0.211 e. The summed E-state index contributed by atoms with van der Waals surface area (Å²) in [4.78, 5) is 4.61. The van der Waals surface area contributed by atoms with Crippen molar-refractivity contribution in [1.82, 2.24) is 9.29 Å². The van der Waals surface area contributed by atoms with Gasteiger partial charge in [0.1, 0.15) is 0 Å². The molecule has 5 heteroatoms. The first-order chi connectivity index (χ1) is 10.9. The van der Waals surface area contributed by atoms with Crippen molar-refractivity contribution in [2.75, 3.05) is 19.3 Å². The van der Waals surface area contributed by atoms with E-state index in [1.54, 1.807) is 4.31 Å². The van der Waals surface area contributed by atoms with E-state index >= 15 is 0 Å². The average Bonchev–Trinajstić information content (AvgIpc) is 2.55. The van der Waals surface area contributed by atoms with Crippen molar-refractivity contribution in [3.8, 4) is 11.1 Å². The number of piperidine rings is 1. The molecule has 2 heterocycles. The molecule has 3 rings (SSSR count). The van der Waals surface area contributed by atoms with Crippen LogP contribution in [0.3, 0.4) is 0 Å². The highest BCUT2D eigenvalue weighted by molar-refractivity contribution is 7.88. The summed E-state index contributed by atoms with van der Waals surface area (Å²) in [5.41, 5.74) is 4.49. The predicted octanol–water partition coefficient (Wildman–Crippen LogP) is 3.20. The average molecular weight is 330 g/mol. The van der Waals surface area contributed by atoms with Crippen LogP contribution in [0.25, 0.3) is 11.1 Å². The second-order valence-corrected chi connectivity index (χ2v) is 8.23. The molecule has 0 spiro atoms. The van der Waals surface area contributed by atoms with Gasteiger partial charge in [-0.05, 0) is 37.0 Å². The third kappa shape index (κ3) is 3.62. The van der Waals surface area contributed by atoms with Crippen LogP contribution >= 0.6 is 0 Å². The molecule has 23 heavy (non-hydrogen) atoms. The van der Waals surface area contributed by atoms with Gasteiger partial charge in [-0.3, -0.25) is 4.98 Å². The molecule has 2 aromatic rings. The lowest BCUT2D eigenvalue weighted by atomic mass is 9.94. The van der Waals surface area contributed by atoms with Crippen LogP contribution in [0, 0.1) is 6.92 Å². The number of aromatic nitrogens is 1. The van der Waals surface area contributed by atoms with Gasteiger partial charge in [-0.15, -0.1) is 0 Å². The summed E-state index contributed by atoms with van der Waals surface area (Å²) in [7, 11) is -3.12. The topological polar surface area (TPSA) is 50.3 Å². The highest BCUT2D eigenvalue weighted by Gasteiger charge is 2.27. The first-order valence-corrected chi connectivity index (χ1v) is 9.77. The van der Waals surface area contributed by atoms with Crippen molar-refractivity contribution in [2.45, 2.75) is 25.7 Å². The molecule has 0 aliphatic carbocycles. The zero-order valence-corrected chi connectivity index (χ0v) is 14.4. The van der Waals surface area contributed by atoms with Crippen molar-refractivity contribution in [1.29, 1.82) is 0 Å². The highest BCUT2D eigenvalue weighted by atomic mass is 32.2. The van der Waals surface area contributed by atoms with Crippen molar-refractivity contribution in [3.05, 3.63) is 53.9 Å². The number of benzene rings is 1. The van der Waals surface area contributed by atoms with Crippen LogP contribution in [0.1, 0.15) is 30.0 Å².